The molecule has 0 saturated carbocycles. The van der Waals surface area contributed by atoms with Gasteiger partial charge in [-0.3, -0.25) is 9.59 Å². The number of carbonyl (C=O) groups is 2. The number of hydrogen-bond donors (Lipinski definition) is 0. The normalized spacial score (nSPS) is 10.2. The van der Waals surface area contributed by atoms with Crippen LogP contribution in [0.2, 0.25) is 0 Å². The van der Waals surface area contributed by atoms with Gasteiger partial charge in [0.25, 0.3) is 5.91 Å². The Morgan fingerprint density at radius 2 is 1.92 bits per heavy atom. The lowest BCUT2D eigenvalue weighted by Gasteiger charge is -2.21. The number of rotatable bonds is 8. The van der Waals surface area contributed by atoms with Crippen LogP contribution >= 0.6 is 0 Å². The van der Waals surface area contributed by atoms with E-state index in [1.165, 1.54) is 6.26 Å². The summed E-state index contributed by atoms with van der Waals surface area (Å²) in [6.45, 7) is 2.69. The number of furan rings is 1. The highest BCUT2D eigenvalue weighted by Gasteiger charge is 2.20. The van der Waals surface area contributed by atoms with Gasteiger partial charge in [-0.05, 0) is 36.8 Å². The summed E-state index contributed by atoms with van der Waals surface area (Å²) in [7, 11) is 1.60. The van der Waals surface area contributed by atoms with Crippen molar-refractivity contribution in [1.29, 1.82) is 0 Å². The molecular formula is C18H21NO5. The minimum absolute atomic E-state index is 0.135. The predicted molar refractivity (Wildman–Crippen MR) is 87.7 cm³/mol. The van der Waals surface area contributed by atoms with Gasteiger partial charge in [0, 0.05) is 13.1 Å². The van der Waals surface area contributed by atoms with Crippen molar-refractivity contribution in [1.82, 2.24) is 4.90 Å². The third kappa shape index (κ3) is 4.87. The Bertz CT molecular complexity index is 649. The maximum Gasteiger partial charge on any atom is 0.307 e. The fourth-order valence-corrected chi connectivity index (χ4v) is 2.22. The zero-order valence-electron chi connectivity index (χ0n) is 13.9. The lowest BCUT2D eigenvalue weighted by Crippen LogP contribution is -2.32. The minimum atomic E-state index is -0.329. The van der Waals surface area contributed by atoms with Gasteiger partial charge in [0.2, 0.25) is 0 Å². The molecule has 2 aromatic rings. The molecule has 0 radical (unpaired) electrons. The van der Waals surface area contributed by atoms with E-state index >= 15 is 0 Å². The maximum atomic E-state index is 12.6. The van der Waals surface area contributed by atoms with Crippen molar-refractivity contribution in [3.63, 3.8) is 0 Å². The van der Waals surface area contributed by atoms with Gasteiger partial charge >= 0.3 is 5.97 Å². The van der Waals surface area contributed by atoms with Crippen LogP contribution in [0.15, 0.2) is 47.1 Å². The van der Waals surface area contributed by atoms with E-state index in [-0.39, 0.29) is 30.6 Å². The van der Waals surface area contributed by atoms with Crippen LogP contribution in [0.4, 0.5) is 0 Å². The van der Waals surface area contributed by atoms with Gasteiger partial charge in [-0.1, -0.05) is 12.1 Å². The number of hydrogen-bond acceptors (Lipinski definition) is 5. The van der Waals surface area contributed by atoms with Gasteiger partial charge in [0.1, 0.15) is 5.75 Å². The fourth-order valence-electron chi connectivity index (χ4n) is 2.22. The van der Waals surface area contributed by atoms with Crippen LogP contribution in [0.5, 0.6) is 5.75 Å². The predicted octanol–water partition coefficient (Wildman–Crippen LogP) is 2.88. The first-order valence-corrected chi connectivity index (χ1v) is 7.75. The van der Waals surface area contributed by atoms with Crippen LogP contribution in [0.3, 0.4) is 0 Å². The van der Waals surface area contributed by atoms with E-state index in [4.69, 9.17) is 13.9 Å². The number of ether oxygens (including phenoxy) is 2. The third-order valence-electron chi connectivity index (χ3n) is 3.44. The lowest BCUT2D eigenvalue weighted by atomic mass is 10.2. The van der Waals surface area contributed by atoms with Gasteiger partial charge in [0.15, 0.2) is 5.76 Å². The molecule has 0 unspecified atom stereocenters. The summed E-state index contributed by atoms with van der Waals surface area (Å²) in [5.41, 5.74) is 0.930. The van der Waals surface area contributed by atoms with Crippen LogP contribution in [-0.4, -0.2) is 37.0 Å². The summed E-state index contributed by atoms with van der Waals surface area (Å²) in [5.74, 6) is 0.395. The molecule has 2 rings (SSSR count). The molecule has 0 aliphatic rings. The summed E-state index contributed by atoms with van der Waals surface area (Å²) in [6.07, 6.45) is 1.58. The second-order valence-electron chi connectivity index (χ2n) is 5.11. The molecule has 0 aliphatic carbocycles. The van der Waals surface area contributed by atoms with E-state index in [2.05, 4.69) is 0 Å². The summed E-state index contributed by atoms with van der Waals surface area (Å²) in [4.78, 5) is 25.7. The summed E-state index contributed by atoms with van der Waals surface area (Å²) in [5, 5.41) is 0. The first-order chi connectivity index (χ1) is 11.6. The van der Waals surface area contributed by atoms with E-state index in [9.17, 15) is 9.59 Å². The molecule has 6 heteroatoms. The average Bonchev–Trinajstić information content (AvgIpc) is 3.13. The lowest BCUT2D eigenvalue weighted by molar-refractivity contribution is -0.143. The van der Waals surface area contributed by atoms with Crippen LogP contribution in [0.25, 0.3) is 0 Å². The van der Waals surface area contributed by atoms with Gasteiger partial charge in [-0.25, -0.2) is 0 Å². The molecule has 1 aromatic carbocycles. The zero-order valence-corrected chi connectivity index (χ0v) is 13.9. The maximum absolute atomic E-state index is 12.6. The Labute approximate surface area is 141 Å². The number of amides is 1. The topological polar surface area (TPSA) is 69.0 Å². The zero-order chi connectivity index (χ0) is 17.4. The van der Waals surface area contributed by atoms with Crippen molar-refractivity contribution in [3.05, 3.63) is 54.0 Å². The first kappa shape index (κ1) is 17.6. The van der Waals surface area contributed by atoms with Crippen molar-refractivity contribution in [2.24, 2.45) is 0 Å². The Morgan fingerprint density at radius 1 is 1.17 bits per heavy atom. The molecule has 0 aliphatic heterocycles. The Morgan fingerprint density at radius 3 is 2.50 bits per heavy atom. The fraction of sp³-hybridized carbons (Fsp3) is 0.333. The quantitative estimate of drug-likeness (QED) is 0.696. The molecule has 6 nitrogen and oxygen atoms in total. The minimum Gasteiger partial charge on any atom is -0.497 e. The molecule has 24 heavy (non-hydrogen) atoms. The second kappa shape index (κ2) is 8.76. The van der Waals surface area contributed by atoms with Crippen molar-refractivity contribution >= 4 is 11.9 Å². The summed E-state index contributed by atoms with van der Waals surface area (Å²) < 4.78 is 15.2. The van der Waals surface area contributed by atoms with Gasteiger partial charge in [-0.2, -0.15) is 0 Å². The number of nitrogens with zero attached hydrogens (tertiary/aromatic N) is 1. The molecule has 1 amide bonds. The highest BCUT2D eigenvalue weighted by molar-refractivity contribution is 5.91. The van der Waals surface area contributed by atoms with Crippen LogP contribution in [0, 0.1) is 0 Å². The molecule has 0 fully saturated rings. The molecule has 0 bridgehead atoms. The molecule has 0 spiro atoms. The largest absolute Gasteiger partial charge is 0.497 e. The van der Waals surface area contributed by atoms with Crippen molar-refractivity contribution in [3.8, 4) is 5.75 Å². The Hall–Kier alpha value is -2.76. The van der Waals surface area contributed by atoms with E-state index in [1.54, 1.807) is 31.1 Å². The molecular weight excluding hydrogens is 310 g/mol. The van der Waals surface area contributed by atoms with E-state index in [0.717, 1.165) is 11.3 Å². The summed E-state index contributed by atoms with van der Waals surface area (Å²) >= 11 is 0. The summed E-state index contributed by atoms with van der Waals surface area (Å²) in [6, 6.07) is 10.7. The number of carbonyl (C=O) groups excluding carboxylic acids is 2. The standard InChI is InChI=1S/C18H21NO5/c1-3-23-17(20)10-11-19(18(21)16-5-4-12-24-16)13-14-6-8-15(22-2)9-7-14/h4-9,12H,3,10-11,13H2,1-2H3. The van der Waals surface area contributed by atoms with E-state index in [0.29, 0.717) is 13.2 Å². The highest BCUT2D eigenvalue weighted by atomic mass is 16.5. The van der Waals surface area contributed by atoms with Crippen LogP contribution in [-0.2, 0) is 16.1 Å². The monoisotopic (exact) mass is 331 g/mol. The SMILES string of the molecule is CCOC(=O)CCN(Cc1ccc(OC)cc1)C(=O)c1ccco1. The smallest absolute Gasteiger partial charge is 0.307 e. The highest BCUT2D eigenvalue weighted by Crippen LogP contribution is 2.15. The van der Waals surface area contributed by atoms with Gasteiger partial charge in [-0.15, -0.1) is 0 Å². The van der Waals surface area contributed by atoms with Gasteiger partial charge in [0.05, 0.1) is 26.4 Å². The number of benzene rings is 1. The average molecular weight is 331 g/mol. The molecule has 0 atom stereocenters. The second-order valence-corrected chi connectivity index (χ2v) is 5.11. The Balaban J connectivity index is 2.08. The molecule has 1 aromatic heterocycles. The van der Waals surface area contributed by atoms with Crippen molar-refractivity contribution in [2.75, 3.05) is 20.3 Å². The molecule has 0 saturated heterocycles. The Kier molecular flexibility index (Phi) is 6.42. The van der Waals surface area contributed by atoms with Crippen molar-refractivity contribution in [2.45, 2.75) is 19.9 Å². The van der Waals surface area contributed by atoms with Crippen LogP contribution < -0.4 is 4.74 Å². The van der Waals surface area contributed by atoms with Crippen LogP contribution in [0.1, 0.15) is 29.5 Å². The first-order valence-electron chi connectivity index (χ1n) is 7.75. The third-order valence-corrected chi connectivity index (χ3v) is 3.44. The van der Waals surface area contributed by atoms with Crippen molar-refractivity contribution < 1.29 is 23.5 Å². The molecule has 0 N–H and O–H groups in total. The number of esters is 1. The van der Waals surface area contributed by atoms with Gasteiger partial charge < -0.3 is 18.8 Å². The van der Waals surface area contributed by atoms with E-state index < -0.39 is 0 Å². The molecule has 1 heterocycles. The molecule has 128 valence electrons. The van der Waals surface area contributed by atoms with E-state index in [1.807, 2.05) is 24.3 Å². The number of methoxy groups -OCH3 is 1.